The molecule has 106 valence electrons. The molecule has 0 aliphatic carbocycles. The Morgan fingerprint density at radius 1 is 1.15 bits per heavy atom. The van der Waals surface area contributed by atoms with Crippen LogP contribution in [0.3, 0.4) is 0 Å². The molecule has 7 heteroatoms. The average molecular weight is 393 g/mol. The van der Waals surface area contributed by atoms with E-state index >= 15 is 0 Å². The molecule has 2 aromatic rings. The van der Waals surface area contributed by atoms with Crippen molar-refractivity contribution < 1.29 is 13.2 Å². The van der Waals surface area contributed by atoms with Gasteiger partial charge in [0.15, 0.2) is 23.3 Å². The van der Waals surface area contributed by atoms with Crippen molar-refractivity contribution in [2.75, 3.05) is 11.9 Å². The standard InChI is InChI=1S/C13H11F3IN3/c1-3-18-13-11(17)6(2)19-12(20-13)7-4-8(14)10(16)9(15)5-7/h4-5H,3H2,1-2H3,(H,18,19,20). The monoisotopic (exact) mass is 393 g/mol. The van der Waals surface area contributed by atoms with Gasteiger partial charge in [0.2, 0.25) is 0 Å². The molecule has 2 rings (SSSR count). The number of benzene rings is 1. The molecule has 0 unspecified atom stereocenters. The van der Waals surface area contributed by atoms with Gasteiger partial charge in [-0.25, -0.2) is 23.1 Å². The first-order valence-electron chi connectivity index (χ1n) is 5.87. The molecule has 1 aromatic carbocycles. The maximum atomic E-state index is 13.3. The number of aromatic nitrogens is 2. The molecule has 0 fully saturated rings. The second kappa shape index (κ2) is 5.94. The van der Waals surface area contributed by atoms with E-state index in [9.17, 15) is 13.2 Å². The van der Waals surface area contributed by atoms with Crippen molar-refractivity contribution in [3.8, 4) is 11.4 Å². The van der Waals surface area contributed by atoms with Gasteiger partial charge < -0.3 is 5.32 Å². The number of halogens is 4. The molecule has 0 atom stereocenters. The molecule has 20 heavy (non-hydrogen) atoms. The summed E-state index contributed by atoms with van der Waals surface area (Å²) in [6.07, 6.45) is 0. The Bertz CT molecular complexity index is 639. The van der Waals surface area contributed by atoms with Gasteiger partial charge in [-0.15, -0.1) is 0 Å². The van der Waals surface area contributed by atoms with Crippen LogP contribution in [0.5, 0.6) is 0 Å². The fourth-order valence-corrected chi connectivity index (χ4v) is 2.09. The zero-order valence-electron chi connectivity index (χ0n) is 10.8. The predicted molar refractivity (Wildman–Crippen MR) is 79.0 cm³/mol. The first-order chi connectivity index (χ1) is 9.43. The lowest BCUT2D eigenvalue weighted by Crippen LogP contribution is -2.06. The maximum Gasteiger partial charge on any atom is 0.194 e. The van der Waals surface area contributed by atoms with Gasteiger partial charge in [-0.05, 0) is 48.6 Å². The van der Waals surface area contributed by atoms with Crippen LogP contribution < -0.4 is 5.32 Å². The predicted octanol–water partition coefficient (Wildman–Crippen LogP) is 3.91. The fourth-order valence-electron chi connectivity index (χ4n) is 1.66. The first kappa shape index (κ1) is 15.0. The number of nitrogens with zero attached hydrogens (tertiary/aromatic N) is 2. The number of rotatable bonds is 3. The normalized spacial score (nSPS) is 10.7. The molecule has 1 heterocycles. The van der Waals surface area contributed by atoms with Crippen LogP contribution in [0.4, 0.5) is 19.0 Å². The highest BCUT2D eigenvalue weighted by Crippen LogP contribution is 2.25. The molecular weight excluding hydrogens is 382 g/mol. The van der Waals surface area contributed by atoms with Crippen molar-refractivity contribution in [3.05, 3.63) is 38.8 Å². The molecule has 0 saturated carbocycles. The SMILES string of the molecule is CCNc1nc(-c2cc(F)c(F)c(F)c2)nc(C)c1I. The van der Waals surface area contributed by atoms with Crippen LogP contribution in [0, 0.1) is 27.9 Å². The van der Waals surface area contributed by atoms with Gasteiger partial charge in [0.1, 0.15) is 5.82 Å². The summed E-state index contributed by atoms with van der Waals surface area (Å²) < 4.78 is 40.3. The number of hydrogen-bond donors (Lipinski definition) is 1. The number of hydrogen-bond acceptors (Lipinski definition) is 3. The van der Waals surface area contributed by atoms with E-state index in [1.165, 1.54) is 0 Å². The maximum absolute atomic E-state index is 13.3. The van der Waals surface area contributed by atoms with E-state index in [1.807, 2.05) is 6.92 Å². The van der Waals surface area contributed by atoms with Gasteiger partial charge in [-0.3, -0.25) is 0 Å². The van der Waals surface area contributed by atoms with Crippen LogP contribution in [-0.4, -0.2) is 16.5 Å². The van der Waals surface area contributed by atoms with E-state index in [-0.39, 0.29) is 11.4 Å². The summed E-state index contributed by atoms with van der Waals surface area (Å²) >= 11 is 2.09. The summed E-state index contributed by atoms with van der Waals surface area (Å²) in [5, 5.41) is 3.05. The zero-order valence-corrected chi connectivity index (χ0v) is 12.9. The highest BCUT2D eigenvalue weighted by molar-refractivity contribution is 14.1. The minimum Gasteiger partial charge on any atom is -0.369 e. The smallest absolute Gasteiger partial charge is 0.194 e. The summed E-state index contributed by atoms with van der Waals surface area (Å²) in [5.74, 6) is -3.28. The molecule has 0 spiro atoms. The van der Waals surface area contributed by atoms with Crippen molar-refractivity contribution in [2.24, 2.45) is 0 Å². The molecule has 1 N–H and O–H groups in total. The number of nitrogens with one attached hydrogen (secondary N) is 1. The second-order valence-electron chi connectivity index (χ2n) is 4.08. The van der Waals surface area contributed by atoms with Gasteiger partial charge in [-0.2, -0.15) is 0 Å². The van der Waals surface area contributed by atoms with Crippen LogP contribution >= 0.6 is 22.6 Å². The van der Waals surface area contributed by atoms with Gasteiger partial charge in [0.05, 0.1) is 9.26 Å². The van der Waals surface area contributed by atoms with Crippen LogP contribution in [0.25, 0.3) is 11.4 Å². The van der Waals surface area contributed by atoms with Gasteiger partial charge >= 0.3 is 0 Å². The van der Waals surface area contributed by atoms with E-state index < -0.39 is 17.5 Å². The van der Waals surface area contributed by atoms with E-state index in [4.69, 9.17) is 0 Å². The summed E-state index contributed by atoms with van der Waals surface area (Å²) in [4.78, 5) is 8.40. The van der Waals surface area contributed by atoms with Crippen molar-refractivity contribution in [1.82, 2.24) is 9.97 Å². The Morgan fingerprint density at radius 2 is 1.75 bits per heavy atom. The quantitative estimate of drug-likeness (QED) is 0.635. The second-order valence-corrected chi connectivity index (χ2v) is 5.16. The minimum absolute atomic E-state index is 0.0973. The van der Waals surface area contributed by atoms with Crippen molar-refractivity contribution in [3.63, 3.8) is 0 Å². The van der Waals surface area contributed by atoms with Gasteiger partial charge in [0.25, 0.3) is 0 Å². The van der Waals surface area contributed by atoms with Crippen LogP contribution in [0.2, 0.25) is 0 Å². The zero-order chi connectivity index (χ0) is 14.9. The number of aryl methyl sites for hydroxylation is 1. The summed E-state index contributed by atoms with van der Waals surface area (Å²) in [6.45, 7) is 4.33. The van der Waals surface area contributed by atoms with E-state index in [0.29, 0.717) is 18.1 Å². The molecule has 0 aliphatic heterocycles. The first-order valence-corrected chi connectivity index (χ1v) is 6.94. The van der Waals surface area contributed by atoms with Crippen molar-refractivity contribution in [2.45, 2.75) is 13.8 Å². The Hall–Kier alpha value is -1.38. The third-order valence-corrected chi connectivity index (χ3v) is 3.89. The molecule has 0 radical (unpaired) electrons. The molecule has 0 saturated heterocycles. The average Bonchev–Trinajstić information content (AvgIpc) is 2.40. The van der Waals surface area contributed by atoms with Crippen molar-refractivity contribution >= 4 is 28.4 Å². The van der Waals surface area contributed by atoms with Gasteiger partial charge in [-0.1, -0.05) is 0 Å². The summed E-state index contributed by atoms with van der Waals surface area (Å²) in [6, 6.07) is 1.77. The molecule has 0 aliphatic rings. The van der Waals surface area contributed by atoms with Crippen LogP contribution in [0.15, 0.2) is 12.1 Å². The Morgan fingerprint density at radius 3 is 2.30 bits per heavy atom. The third-order valence-electron chi connectivity index (χ3n) is 2.60. The lowest BCUT2D eigenvalue weighted by atomic mass is 10.2. The summed E-state index contributed by atoms with van der Waals surface area (Å²) in [5.41, 5.74) is 0.775. The molecule has 3 nitrogen and oxygen atoms in total. The van der Waals surface area contributed by atoms with Crippen molar-refractivity contribution in [1.29, 1.82) is 0 Å². The van der Waals surface area contributed by atoms with E-state index in [1.54, 1.807) is 6.92 Å². The fraction of sp³-hybridized carbons (Fsp3) is 0.231. The third kappa shape index (κ3) is 2.87. The van der Waals surface area contributed by atoms with Crippen LogP contribution in [-0.2, 0) is 0 Å². The number of anilines is 1. The van der Waals surface area contributed by atoms with E-state index in [0.717, 1.165) is 15.7 Å². The highest BCUT2D eigenvalue weighted by atomic mass is 127. The lowest BCUT2D eigenvalue weighted by molar-refractivity contribution is 0.447. The molecule has 0 amide bonds. The molecule has 0 bridgehead atoms. The largest absolute Gasteiger partial charge is 0.369 e. The highest BCUT2D eigenvalue weighted by Gasteiger charge is 2.15. The Labute approximate surface area is 127 Å². The topological polar surface area (TPSA) is 37.8 Å². The van der Waals surface area contributed by atoms with Gasteiger partial charge in [0, 0.05) is 12.1 Å². The lowest BCUT2D eigenvalue weighted by Gasteiger charge is -2.10. The molecule has 1 aromatic heterocycles. The molecular formula is C13H11F3IN3. The summed E-state index contributed by atoms with van der Waals surface area (Å²) in [7, 11) is 0. The minimum atomic E-state index is -1.50. The Balaban J connectivity index is 2.58. The van der Waals surface area contributed by atoms with Crippen LogP contribution in [0.1, 0.15) is 12.6 Å². The van der Waals surface area contributed by atoms with E-state index in [2.05, 4.69) is 37.9 Å². The Kier molecular flexibility index (Phi) is 4.46.